The first-order chi connectivity index (χ1) is 55.8. The Morgan fingerprint density at radius 1 is 0.248 bits per heavy atom. The van der Waals surface area contributed by atoms with Crippen LogP contribution < -0.4 is 0 Å². The molecule has 3 aliphatic rings. The zero-order chi connectivity index (χ0) is 77.3. The number of hydrogen-bond acceptors (Lipinski definition) is 18. The molecule has 0 aliphatic carbocycles. The average molecular weight is 1550 g/mol. The second kappa shape index (κ2) is 44.5. The van der Waals surface area contributed by atoms with Gasteiger partial charge in [0.15, 0.2) is 31.1 Å². The maximum absolute atomic E-state index is 14.8. The van der Waals surface area contributed by atoms with Crippen molar-refractivity contribution >= 4 is 23.5 Å². The van der Waals surface area contributed by atoms with E-state index >= 15 is 0 Å². The highest BCUT2D eigenvalue weighted by atomic mass is 35.5. The quantitative estimate of drug-likeness (QED) is 0.0200. The third-order valence-corrected chi connectivity index (χ3v) is 20.1. The molecule has 3 aliphatic heterocycles. The van der Waals surface area contributed by atoms with Crippen LogP contribution in [0.2, 0.25) is 0 Å². The lowest BCUT2D eigenvalue weighted by atomic mass is 9.96. The van der Waals surface area contributed by atoms with E-state index in [4.69, 9.17) is 87.4 Å². The minimum atomic E-state index is -1.39. The highest BCUT2D eigenvalue weighted by Gasteiger charge is 2.56. The number of carbonyl (C=O) groups excluding carboxylic acids is 2. The fourth-order valence-electron chi connectivity index (χ4n) is 13.9. The Labute approximate surface area is 667 Å². The summed E-state index contributed by atoms with van der Waals surface area (Å²) in [6.45, 7) is 0.874. The monoisotopic (exact) mass is 1550 g/mol. The molecule has 0 N–H and O–H groups in total. The summed E-state index contributed by atoms with van der Waals surface area (Å²) in [5.74, 6) is -0.888. The van der Waals surface area contributed by atoms with Crippen LogP contribution in [0.15, 0.2) is 303 Å². The highest BCUT2D eigenvalue weighted by molar-refractivity contribution is 6.17. The van der Waals surface area contributed by atoms with E-state index in [0.29, 0.717) is 12.3 Å². The Kier molecular flexibility index (Phi) is 32.2. The Balaban J connectivity index is 0.899. The fraction of sp³-hybridized carbons (Fsp3) is 0.340. The van der Waals surface area contributed by atoms with Crippen LogP contribution in [-0.4, -0.2) is 136 Å². The van der Waals surface area contributed by atoms with Crippen LogP contribution in [0.3, 0.4) is 0 Å². The van der Waals surface area contributed by atoms with Crippen molar-refractivity contribution in [1.82, 2.24) is 0 Å². The number of rotatable bonds is 42. The zero-order valence-electron chi connectivity index (χ0n) is 63.3. The molecule has 15 atom stereocenters. The van der Waals surface area contributed by atoms with Gasteiger partial charge in [-0.15, -0.1) is 11.6 Å². The van der Waals surface area contributed by atoms with Crippen LogP contribution in [0, 0.1) is 0 Å². The molecule has 590 valence electrons. The molecule has 19 heteroatoms. The van der Waals surface area contributed by atoms with Crippen LogP contribution in [0.1, 0.15) is 90.9 Å². The third-order valence-electron chi connectivity index (χ3n) is 19.8. The SMILES string of the molecule is O=C(O[C@@H]1[C@@H](OC(=O)c2ccccc2)[C@H](OCCCCCCCl)O[C@H](CO[C@@H]2O[C@H](CO[C@@H]3O[C@H](COCc4ccccc4)[C@@H](OCc4ccccc4)[C@H](OCc4ccccc4)[C@H]3OCc3ccccc3)[C@@H](OCc3ccccc3)[C@H](OCc3ccccc3)[C@H]2OCc2ccccc2)[C@H]1OCc1ccccc1)c1ccccc1. The summed E-state index contributed by atoms with van der Waals surface area (Å²) >= 11 is 6.14. The number of halogens is 1. The molecule has 0 bridgehead atoms. The molecule has 113 heavy (non-hydrogen) atoms. The molecule has 0 amide bonds. The summed E-state index contributed by atoms with van der Waals surface area (Å²) in [4.78, 5) is 29.4. The van der Waals surface area contributed by atoms with Gasteiger partial charge in [-0.2, -0.15) is 0 Å². The number of benzene rings is 10. The second-order valence-corrected chi connectivity index (χ2v) is 28.4. The van der Waals surface area contributed by atoms with Gasteiger partial charge in [0.05, 0.1) is 83.8 Å². The van der Waals surface area contributed by atoms with E-state index in [2.05, 4.69) is 0 Å². The minimum absolute atomic E-state index is 0.00550. The van der Waals surface area contributed by atoms with E-state index in [1.165, 1.54) is 0 Å². The van der Waals surface area contributed by atoms with Crippen molar-refractivity contribution in [3.63, 3.8) is 0 Å². The number of esters is 2. The van der Waals surface area contributed by atoms with Crippen LogP contribution in [-0.2, 0) is 129 Å². The normalized spacial score (nSPS) is 23.6. The standard InChI is InChI=1S/C94H99ClO18/c95-55-33-1-2-34-56-99-94-89(113-91(97)77-53-31-12-32-54-77)86(112-90(96)76-51-29-11-30-52-76)83(102-60-71-41-19-6-20-42-71)80(111-94)67-108-93-88(106-64-75-49-27-10-28-50-75)85(104-62-73-45-23-8-24-46-73)82(101-59-70-39-17-5-18-40-70)79(110-93)66-107-92-87(105-63-74-47-25-9-26-48-74)84(103-61-72-43-21-7-22-44-72)81(100-58-69-37-15-4-16-38-69)78(109-92)65-98-57-68-35-13-3-14-36-68/h3-32,35-54,78-89,92-94H,1-2,33-34,55-67H2/t78-,79-,80-,81-,82-,83-,84+,85+,86+,87-,88-,89-,92-,93-,94-/m1/s1. The molecule has 10 aromatic rings. The first-order valence-electron chi connectivity index (χ1n) is 39.0. The molecule has 3 saturated heterocycles. The van der Waals surface area contributed by atoms with Crippen molar-refractivity contribution in [3.8, 4) is 0 Å². The van der Waals surface area contributed by atoms with E-state index in [0.717, 1.165) is 63.8 Å². The van der Waals surface area contributed by atoms with Gasteiger partial charge in [-0.05, 0) is 81.6 Å². The molecular weight excluding hydrogens is 1450 g/mol. The molecule has 0 aromatic heterocycles. The first kappa shape index (κ1) is 81.9. The van der Waals surface area contributed by atoms with Gasteiger partial charge in [0, 0.05) is 12.5 Å². The van der Waals surface area contributed by atoms with Gasteiger partial charge >= 0.3 is 11.9 Å². The number of alkyl halides is 1. The third kappa shape index (κ3) is 24.7. The molecule has 18 nitrogen and oxygen atoms in total. The Bertz CT molecular complexity index is 4290. The molecule has 13 rings (SSSR count). The van der Waals surface area contributed by atoms with Gasteiger partial charge in [-0.3, -0.25) is 0 Å². The van der Waals surface area contributed by atoms with Gasteiger partial charge in [-0.1, -0.05) is 292 Å². The summed E-state index contributed by atoms with van der Waals surface area (Å²) in [5, 5.41) is 0. The topological polar surface area (TPSA) is 182 Å². The second-order valence-electron chi connectivity index (χ2n) is 28.1. The van der Waals surface area contributed by atoms with Crippen molar-refractivity contribution < 1.29 is 85.4 Å². The molecule has 0 unspecified atom stereocenters. The Morgan fingerprint density at radius 3 is 0.832 bits per heavy atom. The summed E-state index contributed by atoms with van der Waals surface area (Å²) in [6.07, 6.45) is -13.4. The van der Waals surface area contributed by atoms with Gasteiger partial charge in [0.1, 0.15) is 61.0 Å². The molecule has 0 saturated carbocycles. The predicted molar refractivity (Wildman–Crippen MR) is 426 cm³/mol. The zero-order valence-corrected chi connectivity index (χ0v) is 64.0. The van der Waals surface area contributed by atoms with E-state index in [1.54, 1.807) is 60.7 Å². The first-order valence-corrected chi connectivity index (χ1v) is 39.5. The summed E-state index contributed by atoms with van der Waals surface area (Å²) in [5.41, 5.74) is 7.69. The maximum Gasteiger partial charge on any atom is 0.338 e. The van der Waals surface area contributed by atoms with Gasteiger partial charge in [-0.25, -0.2) is 9.59 Å². The summed E-state index contributed by atoms with van der Waals surface area (Å²) in [6, 6.07) is 96.1. The van der Waals surface area contributed by atoms with Crippen LogP contribution in [0.4, 0.5) is 0 Å². The van der Waals surface area contributed by atoms with Crippen molar-refractivity contribution in [3.05, 3.63) is 359 Å². The summed E-state index contributed by atoms with van der Waals surface area (Å²) in [7, 11) is 0. The maximum atomic E-state index is 14.8. The van der Waals surface area contributed by atoms with Crippen molar-refractivity contribution in [2.75, 3.05) is 32.3 Å². The van der Waals surface area contributed by atoms with Gasteiger partial charge < -0.3 is 75.8 Å². The molecular formula is C94H99ClO18. The van der Waals surface area contributed by atoms with Crippen LogP contribution in [0.5, 0.6) is 0 Å². The van der Waals surface area contributed by atoms with Crippen LogP contribution in [0.25, 0.3) is 0 Å². The predicted octanol–water partition coefficient (Wildman–Crippen LogP) is 16.8. The van der Waals surface area contributed by atoms with Gasteiger partial charge in [0.2, 0.25) is 0 Å². The van der Waals surface area contributed by atoms with Crippen LogP contribution >= 0.6 is 11.6 Å². The van der Waals surface area contributed by atoms with E-state index in [1.807, 2.05) is 243 Å². The lowest BCUT2D eigenvalue weighted by molar-refractivity contribution is -0.360. The van der Waals surface area contributed by atoms with E-state index in [9.17, 15) is 9.59 Å². The number of carbonyl (C=O) groups is 2. The Hall–Kier alpha value is -9.13. The molecule has 0 spiro atoms. The fourth-order valence-corrected chi connectivity index (χ4v) is 14.1. The average Bonchev–Trinajstić information content (AvgIpc) is 0.784. The lowest BCUT2D eigenvalue weighted by Crippen LogP contribution is -2.65. The molecule has 3 fully saturated rings. The molecule has 10 aromatic carbocycles. The van der Waals surface area contributed by atoms with E-state index in [-0.39, 0.29) is 90.4 Å². The lowest BCUT2D eigenvalue weighted by Gasteiger charge is -2.48. The number of unbranched alkanes of at least 4 members (excludes halogenated alkanes) is 3. The summed E-state index contributed by atoms with van der Waals surface area (Å²) < 4.78 is 114. The molecule has 3 heterocycles. The van der Waals surface area contributed by atoms with E-state index < -0.39 is 104 Å². The highest BCUT2D eigenvalue weighted by Crippen LogP contribution is 2.38. The largest absolute Gasteiger partial charge is 0.452 e. The van der Waals surface area contributed by atoms with Gasteiger partial charge in [0.25, 0.3) is 0 Å². The number of ether oxygens (including phenoxy) is 16. The smallest absolute Gasteiger partial charge is 0.338 e. The van der Waals surface area contributed by atoms with Crippen molar-refractivity contribution in [2.45, 2.75) is 171 Å². The van der Waals surface area contributed by atoms with Crippen molar-refractivity contribution in [1.29, 1.82) is 0 Å². The van der Waals surface area contributed by atoms with Crippen molar-refractivity contribution in [2.24, 2.45) is 0 Å². The Morgan fingerprint density at radius 2 is 0.504 bits per heavy atom. The number of hydrogen-bond donors (Lipinski definition) is 0. The molecule has 0 radical (unpaired) electrons. The minimum Gasteiger partial charge on any atom is -0.452 e.